The van der Waals surface area contributed by atoms with Gasteiger partial charge in [-0.15, -0.1) is 0 Å². The third kappa shape index (κ3) is 8.07. The number of benzene rings is 2. The molecule has 3 amide bonds. The summed E-state index contributed by atoms with van der Waals surface area (Å²) in [6, 6.07) is 15.0. The average Bonchev–Trinajstić information content (AvgIpc) is 3.60. The topological polar surface area (TPSA) is 145 Å². The predicted octanol–water partition coefficient (Wildman–Crippen LogP) is 5.54. The van der Waals surface area contributed by atoms with Crippen LogP contribution in [0.2, 0.25) is 0 Å². The van der Waals surface area contributed by atoms with Crippen LogP contribution in [0.3, 0.4) is 0 Å². The minimum Gasteiger partial charge on any atom is -0.354 e. The highest BCUT2D eigenvalue weighted by molar-refractivity contribution is 6.08. The number of piperidine rings is 1. The molecule has 5 heterocycles. The molecule has 2 aromatic carbocycles. The number of imide groups is 1. The van der Waals surface area contributed by atoms with E-state index in [-0.39, 0.29) is 36.4 Å². The molecule has 286 valence electrons. The number of H-pyrrole nitrogens is 1. The molecule has 12 nitrogen and oxygen atoms in total. The van der Waals surface area contributed by atoms with Gasteiger partial charge in [-0.25, -0.2) is 9.37 Å². The molecule has 55 heavy (non-hydrogen) atoms. The summed E-state index contributed by atoms with van der Waals surface area (Å²) in [6.45, 7) is 11.7. The van der Waals surface area contributed by atoms with Crippen molar-refractivity contribution in [1.29, 1.82) is 0 Å². The lowest BCUT2D eigenvalue weighted by atomic mass is 9.89. The van der Waals surface area contributed by atoms with Crippen LogP contribution in [0.1, 0.15) is 90.3 Å². The van der Waals surface area contributed by atoms with Gasteiger partial charge in [0.05, 0.1) is 23.2 Å². The van der Waals surface area contributed by atoms with E-state index in [4.69, 9.17) is 4.98 Å². The molecule has 3 aromatic heterocycles. The first-order valence-electron chi connectivity index (χ1n) is 19.1. The number of pyridine rings is 2. The molecule has 0 radical (unpaired) electrons. The van der Waals surface area contributed by atoms with Crippen LogP contribution in [-0.2, 0) is 29.1 Å². The van der Waals surface area contributed by atoms with E-state index < -0.39 is 17.6 Å². The first kappa shape index (κ1) is 37.6. The molecule has 0 aliphatic carbocycles. The number of aryl methyl sites for hydroxylation is 2. The van der Waals surface area contributed by atoms with Gasteiger partial charge in [0.15, 0.2) is 0 Å². The summed E-state index contributed by atoms with van der Waals surface area (Å²) in [5.74, 6) is -1.27. The molecule has 0 saturated carbocycles. The van der Waals surface area contributed by atoms with Crippen molar-refractivity contribution < 1.29 is 18.8 Å². The third-order valence-corrected chi connectivity index (χ3v) is 10.6. The molecule has 1 atom stereocenters. The maximum Gasteiger partial charge on any atom is 0.253 e. The molecule has 13 heteroatoms. The van der Waals surface area contributed by atoms with E-state index in [1.54, 1.807) is 12.3 Å². The van der Waals surface area contributed by atoms with Gasteiger partial charge in [-0.3, -0.25) is 34.1 Å². The molecule has 2 saturated heterocycles. The van der Waals surface area contributed by atoms with E-state index in [1.807, 2.05) is 68.0 Å². The Bertz CT molecular complexity index is 2310. The fourth-order valence-corrected chi connectivity index (χ4v) is 7.73. The molecule has 7 rings (SSSR count). The summed E-state index contributed by atoms with van der Waals surface area (Å²) in [5.41, 5.74) is 6.29. The number of halogens is 1. The Hall–Kier alpha value is -5.69. The largest absolute Gasteiger partial charge is 0.354 e. The minimum absolute atomic E-state index is 0.0711. The molecule has 1 unspecified atom stereocenters. The first-order chi connectivity index (χ1) is 26.5. The highest BCUT2D eigenvalue weighted by Crippen LogP contribution is 2.31. The van der Waals surface area contributed by atoms with Crippen molar-refractivity contribution in [2.24, 2.45) is 0 Å². The number of rotatable bonds is 11. The standard InChI is InChI=1S/C42H47FN8O4/c1-5-6-28-17-26(4)47-42(55)34(28)22-45-40(53)33-19-30(20-37-35(33)23-46-51(37)25(2)3)29-8-11-38(44-21-29)50-15-13-49(14-16-50)24-27-7-9-31(36(43)18-27)32-10-12-39(52)48-41(32)54/h7-9,11,17-21,23,25,32H,5-6,10,12-16,22,24H2,1-4H3,(H,45,53)(H,47,55)(H,48,52,54). The number of amides is 3. The highest BCUT2D eigenvalue weighted by Gasteiger charge is 2.30. The zero-order chi connectivity index (χ0) is 38.8. The van der Waals surface area contributed by atoms with Gasteiger partial charge in [0, 0.05) is 85.7 Å². The Morgan fingerprint density at radius 1 is 1.00 bits per heavy atom. The Kier molecular flexibility index (Phi) is 10.9. The van der Waals surface area contributed by atoms with E-state index >= 15 is 4.39 Å². The minimum atomic E-state index is -0.649. The van der Waals surface area contributed by atoms with Gasteiger partial charge in [0.2, 0.25) is 11.8 Å². The maximum absolute atomic E-state index is 15.1. The number of hydrogen-bond donors (Lipinski definition) is 3. The average molecular weight is 747 g/mol. The summed E-state index contributed by atoms with van der Waals surface area (Å²) in [5, 5.41) is 10.7. The van der Waals surface area contributed by atoms with Crippen LogP contribution in [0.25, 0.3) is 22.0 Å². The second kappa shape index (κ2) is 16.0. The molecule has 0 bridgehead atoms. The predicted molar refractivity (Wildman–Crippen MR) is 209 cm³/mol. The fourth-order valence-electron chi connectivity index (χ4n) is 7.73. The summed E-state index contributed by atoms with van der Waals surface area (Å²) in [4.78, 5) is 62.7. The van der Waals surface area contributed by atoms with Gasteiger partial charge in [-0.05, 0) is 86.7 Å². The lowest BCUT2D eigenvalue weighted by Crippen LogP contribution is -2.46. The van der Waals surface area contributed by atoms with Crippen molar-refractivity contribution in [2.45, 2.75) is 78.4 Å². The number of aromatic nitrogens is 4. The Labute approximate surface area is 319 Å². The molecule has 2 aliphatic heterocycles. The van der Waals surface area contributed by atoms with Gasteiger partial charge in [0.25, 0.3) is 11.5 Å². The second-order valence-corrected chi connectivity index (χ2v) is 14.9. The van der Waals surface area contributed by atoms with Crippen LogP contribution in [0.15, 0.2) is 65.7 Å². The number of anilines is 1. The second-order valence-electron chi connectivity index (χ2n) is 14.9. The normalized spacial score (nSPS) is 16.5. The van der Waals surface area contributed by atoms with E-state index in [2.05, 4.69) is 37.4 Å². The number of piperazine rings is 1. The summed E-state index contributed by atoms with van der Waals surface area (Å²) < 4.78 is 17.0. The van der Waals surface area contributed by atoms with E-state index in [0.717, 1.165) is 83.7 Å². The summed E-state index contributed by atoms with van der Waals surface area (Å²) in [7, 11) is 0. The molecule has 2 aliphatic rings. The number of carbonyl (C=O) groups excluding carboxylic acids is 3. The van der Waals surface area contributed by atoms with Crippen molar-refractivity contribution in [1.82, 2.24) is 35.3 Å². The SMILES string of the molecule is CCCc1cc(C)[nH]c(=O)c1CNC(=O)c1cc(-c2ccc(N3CCN(Cc4ccc(C5CCC(=O)NC5=O)c(F)c4)CC3)nc2)cc2c1cnn2C(C)C. The molecule has 3 N–H and O–H groups in total. The number of nitrogens with zero attached hydrogens (tertiary/aromatic N) is 5. The number of nitrogens with one attached hydrogen (secondary N) is 3. The van der Waals surface area contributed by atoms with Crippen LogP contribution in [0.4, 0.5) is 10.2 Å². The first-order valence-corrected chi connectivity index (χ1v) is 19.1. The van der Waals surface area contributed by atoms with E-state index in [0.29, 0.717) is 29.7 Å². The van der Waals surface area contributed by atoms with Crippen molar-refractivity contribution in [3.63, 3.8) is 0 Å². The molecular formula is C42H47FN8O4. The van der Waals surface area contributed by atoms with Crippen LogP contribution in [0, 0.1) is 12.7 Å². The highest BCUT2D eigenvalue weighted by atomic mass is 19.1. The quantitative estimate of drug-likeness (QED) is 0.150. The van der Waals surface area contributed by atoms with Gasteiger partial charge in [-0.1, -0.05) is 25.5 Å². The summed E-state index contributed by atoms with van der Waals surface area (Å²) >= 11 is 0. The van der Waals surface area contributed by atoms with E-state index in [1.165, 1.54) is 6.07 Å². The Morgan fingerprint density at radius 2 is 1.80 bits per heavy atom. The molecule has 0 spiro atoms. The Balaban J connectivity index is 1.03. The third-order valence-electron chi connectivity index (χ3n) is 10.6. The van der Waals surface area contributed by atoms with Gasteiger partial charge >= 0.3 is 0 Å². The monoisotopic (exact) mass is 746 g/mol. The number of hydrogen-bond acceptors (Lipinski definition) is 8. The van der Waals surface area contributed by atoms with Gasteiger partial charge < -0.3 is 15.2 Å². The van der Waals surface area contributed by atoms with Crippen LogP contribution >= 0.6 is 0 Å². The van der Waals surface area contributed by atoms with Crippen LogP contribution in [-0.4, -0.2) is 68.5 Å². The van der Waals surface area contributed by atoms with E-state index in [9.17, 15) is 19.2 Å². The van der Waals surface area contributed by atoms with Crippen molar-refractivity contribution >= 4 is 34.4 Å². The zero-order valence-corrected chi connectivity index (χ0v) is 31.7. The molecule has 5 aromatic rings. The molecule has 2 fully saturated rings. The Morgan fingerprint density at radius 3 is 2.49 bits per heavy atom. The maximum atomic E-state index is 15.1. The lowest BCUT2D eigenvalue weighted by Gasteiger charge is -2.35. The van der Waals surface area contributed by atoms with Crippen molar-refractivity contribution in [3.8, 4) is 11.1 Å². The van der Waals surface area contributed by atoms with Crippen molar-refractivity contribution in [2.75, 3.05) is 31.1 Å². The van der Waals surface area contributed by atoms with Crippen LogP contribution < -0.4 is 21.1 Å². The fraction of sp³-hybridized carbons (Fsp3) is 0.381. The number of aromatic amines is 1. The summed E-state index contributed by atoms with van der Waals surface area (Å²) in [6.07, 6.45) is 5.71. The smallest absolute Gasteiger partial charge is 0.253 e. The number of fused-ring (bicyclic) bond motifs is 1. The molecular weight excluding hydrogens is 700 g/mol. The van der Waals surface area contributed by atoms with Gasteiger partial charge in [0.1, 0.15) is 11.6 Å². The van der Waals surface area contributed by atoms with Crippen LogP contribution in [0.5, 0.6) is 0 Å². The number of carbonyl (C=O) groups is 3. The van der Waals surface area contributed by atoms with Gasteiger partial charge in [-0.2, -0.15) is 5.10 Å². The lowest BCUT2D eigenvalue weighted by molar-refractivity contribution is -0.134. The zero-order valence-electron chi connectivity index (χ0n) is 31.7. The van der Waals surface area contributed by atoms with Crippen molar-refractivity contribution in [3.05, 3.63) is 111 Å².